The van der Waals surface area contributed by atoms with Crippen LogP contribution in [0.15, 0.2) is 18.2 Å². The lowest BCUT2D eigenvalue weighted by molar-refractivity contribution is 0.296. The molecule has 2 atom stereocenters. The fourth-order valence-electron chi connectivity index (χ4n) is 3.89. The van der Waals surface area contributed by atoms with Crippen molar-refractivity contribution in [3.8, 4) is 11.5 Å². The largest absolute Gasteiger partial charge is 0.490 e. The minimum absolute atomic E-state index is 0.656. The van der Waals surface area contributed by atoms with E-state index in [4.69, 9.17) is 9.47 Å². The molecule has 0 amide bonds. The van der Waals surface area contributed by atoms with Crippen LogP contribution < -0.4 is 14.8 Å². The first-order valence-corrected chi connectivity index (χ1v) is 8.26. The molecule has 4 rings (SSSR count). The molecule has 2 saturated heterocycles. The third kappa shape index (κ3) is 2.74. The SMILES string of the molecule is c1cc2c(cc1CNC1CCN3CCCC13)OCCCO2. The Kier molecular flexibility index (Phi) is 3.74. The second kappa shape index (κ2) is 5.85. The van der Waals surface area contributed by atoms with Crippen LogP contribution in [0.3, 0.4) is 0 Å². The first kappa shape index (κ1) is 13.4. The number of rotatable bonds is 3. The number of nitrogens with zero attached hydrogens (tertiary/aromatic N) is 1. The van der Waals surface area contributed by atoms with E-state index < -0.39 is 0 Å². The van der Waals surface area contributed by atoms with Crippen LogP contribution in [0.5, 0.6) is 11.5 Å². The maximum atomic E-state index is 5.77. The van der Waals surface area contributed by atoms with Gasteiger partial charge in [-0.05, 0) is 43.5 Å². The number of fused-ring (bicyclic) bond motifs is 2. The molecular weight excluding hydrogens is 264 g/mol. The smallest absolute Gasteiger partial charge is 0.161 e. The van der Waals surface area contributed by atoms with Crippen LogP contribution >= 0.6 is 0 Å². The molecule has 0 aromatic heterocycles. The van der Waals surface area contributed by atoms with Crippen molar-refractivity contribution >= 4 is 0 Å². The number of hydrogen-bond acceptors (Lipinski definition) is 4. The van der Waals surface area contributed by atoms with Crippen LogP contribution in [0.2, 0.25) is 0 Å². The highest BCUT2D eigenvalue weighted by atomic mass is 16.5. The molecule has 3 aliphatic heterocycles. The van der Waals surface area contributed by atoms with Crippen LogP contribution in [0.25, 0.3) is 0 Å². The van der Waals surface area contributed by atoms with Crippen molar-refractivity contribution < 1.29 is 9.47 Å². The van der Waals surface area contributed by atoms with Crippen molar-refractivity contribution in [1.82, 2.24) is 10.2 Å². The van der Waals surface area contributed by atoms with Crippen LogP contribution in [0.1, 0.15) is 31.2 Å². The van der Waals surface area contributed by atoms with E-state index in [0.29, 0.717) is 6.04 Å². The Morgan fingerprint density at radius 3 is 2.90 bits per heavy atom. The summed E-state index contributed by atoms with van der Waals surface area (Å²) in [7, 11) is 0. The van der Waals surface area contributed by atoms with E-state index in [1.54, 1.807) is 0 Å². The summed E-state index contributed by atoms with van der Waals surface area (Å²) in [6.07, 6.45) is 4.97. The Morgan fingerprint density at radius 1 is 1.05 bits per heavy atom. The minimum Gasteiger partial charge on any atom is -0.490 e. The van der Waals surface area contributed by atoms with E-state index in [1.807, 2.05) is 6.07 Å². The first-order chi connectivity index (χ1) is 10.4. The number of nitrogens with one attached hydrogen (secondary N) is 1. The third-order valence-corrected chi connectivity index (χ3v) is 4.99. The molecule has 2 unspecified atom stereocenters. The molecule has 114 valence electrons. The van der Waals surface area contributed by atoms with Gasteiger partial charge in [0.05, 0.1) is 13.2 Å². The average Bonchev–Trinajstić information content (AvgIpc) is 3.03. The molecule has 2 fully saturated rings. The zero-order valence-corrected chi connectivity index (χ0v) is 12.5. The Bertz CT molecular complexity index is 506. The zero-order valence-electron chi connectivity index (χ0n) is 12.5. The van der Waals surface area contributed by atoms with Gasteiger partial charge in [0.2, 0.25) is 0 Å². The molecule has 3 aliphatic rings. The standard InChI is InChI=1S/C17H24N2O2/c1-3-15-14(6-8-19(15)7-1)18-12-13-4-5-16-17(11-13)21-10-2-9-20-16/h4-5,11,14-15,18H,1-3,6-10,12H2. The van der Waals surface area contributed by atoms with Crippen LogP contribution in [0, 0.1) is 0 Å². The summed E-state index contributed by atoms with van der Waals surface area (Å²) >= 11 is 0. The molecule has 0 spiro atoms. The maximum absolute atomic E-state index is 5.77. The van der Waals surface area contributed by atoms with Gasteiger partial charge in [-0.3, -0.25) is 4.90 Å². The van der Waals surface area contributed by atoms with E-state index in [1.165, 1.54) is 37.9 Å². The minimum atomic E-state index is 0.656. The van der Waals surface area contributed by atoms with Gasteiger partial charge in [-0.25, -0.2) is 0 Å². The molecular formula is C17H24N2O2. The quantitative estimate of drug-likeness (QED) is 0.924. The monoisotopic (exact) mass is 288 g/mol. The molecule has 3 heterocycles. The predicted molar refractivity (Wildman–Crippen MR) is 81.9 cm³/mol. The van der Waals surface area contributed by atoms with Crippen molar-refractivity contribution in [2.75, 3.05) is 26.3 Å². The van der Waals surface area contributed by atoms with Gasteiger partial charge in [-0.15, -0.1) is 0 Å². The van der Waals surface area contributed by atoms with Crippen LogP contribution in [0.4, 0.5) is 0 Å². The second-order valence-corrected chi connectivity index (χ2v) is 6.35. The van der Waals surface area contributed by atoms with Crippen molar-refractivity contribution in [1.29, 1.82) is 0 Å². The van der Waals surface area contributed by atoms with E-state index in [0.717, 1.165) is 43.7 Å². The number of benzene rings is 1. The Labute approximate surface area is 126 Å². The van der Waals surface area contributed by atoms with Gasteiger partial charge >= 0.3 is 0 Å². The van der Waals surface area contributed by atoms with Crippen LogP contribution in [-0.2, 0) is 6.54 Å². The van der Waals surface area contributed by atoms with Gasteiger partial charge in [0.15, 0.2) is 11.5 Å². The highest BCUT2D eigenvalue weighted by Crippen LogP contribution is 2.31. The molecule has 21 heavy (non-hydrogen) atoms. The highest BCUT2D eigenvalue weighted by Gasteiger charge is 2.36. The summed E-state index contributed by atoms with van der Waals surface area (Å²) in [5.74, 6) is 1.79. The summed E-state index contributed by atoms with van der Waals surface area (Å²) in [5, 5.41) is 3.75. The average molecular weight is 288 g/mol. The molecule has 1 aromatic carbocycles. The summed E-state index contributed by atoms with van der Waals surface area (Å²) in [6.45, 7) is 5.00. The molecule has 0 aliphatic carbocycles. The van der Waals surface area contributed by atoms with Crippen LogP contribution in [-0.4, -0.2) is 43.3 Å². The first-order valence-electron chi connectivity index (χ1n) is 8.26. The molecule has 0 bridgehead atoms. The van der Waals surface area contributed by atoms with E-state index in [-0.39, 0.29) is 0 Å². The molecule has 4 heteroatoms. The van der Waals surface area contributed by atoms with Crippen molar-refractivity contribution in [3.05, 3.63) is 23.8 Å². The molecule has 0 saturated carbocycles. The summed E-state index contributed by atoms with van der Waals surface area (Å²) in [5.41, 5.74) is 1.29. The Balaban J connectivity index is 1.40. The van der Waals surface area contributed by atoms with E-state index in [2.05, 4.69) is 22.3 Å². The van der Waals surface area contributed by atoms with Gasteiger partial charge in [0, 0.05) is 31.6 Å². The Morgan fingerprint density at radius 2 is 1.95 bits per heavy atom. The lowest BCUT2D eigenvalue weighted by atomic mass is 10.1. The second-order valence-electron chi connectivity index (χ2n) is 6.35. The van der Waals surface area contributed by atoms with Gasteiger partial charge in [0.25, 0.3) is 0 Å². The summed E-state index contributed by atoms with van der Waals surface area (Å²) in [6, 6.07) is 7.76. The fourth-order valence-corrected chi connectivity index (χ4v) is 3.89. The molecule has 1 N–H and O–H groups in total. The summed E-state index contributed by atoms with van der Waals surface area (Å²) in [4.78, 5) is 2.64. The lowest BCUT2D eigenvalue weighted by Crippen LogP contribution is -2.38. The van der Waals surface area contributed by atoms with E-state index >= 15 is 0 Å². The highest BCUT2D eigenvalue weighted by molar-refractivity contribution is 5.43. The van der Waals surface area contributed by atoms with Crippen molar-refractivity contribution in [2.45, 2.75) is 44.3 Å². The third-order valence-electron chi connectivity index (χ3n) is 4.99. The van der Waals surface area contributed by atoms with Gasteiger partial charge in [0.1, 0.15) is 0 Å². The topological polar surface area (TPSA) is 33.7 Å². The number of hydrogen-bond donors (Lipinski definition) is 1. The molecule has 1 aromatic rings. The van der Waals surface area contributed by atoms with Gasteiger partial charge < -0.3 is 14.8 Å². The Hall–Kier alpha value is -1.26. The normalized spacial score (nSPS) is 28.4. The van der Waals surface area contributed by atoms with Gasteiger partial charge in [-0.2, -0.15) is 0 Å². The lowest BCUT2D eigenvalue weighted by Gasteiger charge is -2.21. The predicted octanol–water partition coefficient (Wildman–Crippen LogP) is 2.17. The van der Waals surface area contributed by atoms with Crippen molar-refractivity contribution in [3.63, 3.8) is 0 Å². The fraction of sp³-hybridized carbons (Fsp3) is 0.647. The van der Waals surface area contributed by atoms with E-state index in [9.17, 15) is 0 Å². The maximum Gasteiger partial charge on any atom is 0.161 e. The molecule has 4 nitrogen and oxygen atoms in total. The molecule has 0 radical (unpaired) electrons. The summed E-state index contributed by atoms with van der Waals surface area (Å²) < 4.78 is 11.5. The van der Waals surface area contributed by atoms with Crippen molar-refractivity contribution in [2.24, 2.45) is 0 Å². The zero-order chi connectivity index (χ0) is 14.1. The van der Waals surface area contributed by atoms with Gasteiger partial charge in [-0.1, -0.05) is 6.07 Å². The number of ether oxygens (including phenoxy) is 2.